The lowest BCUT2D eigenvalue weighted by Crippen LogP contribution is -2.51. The molecule has 0 saturated carbocycles. The maximum Gasteiger partial charge on any atom is 0.274 e. The summed E-state index contributed by atoms with van der Waals surface area (Å²) >= 11 is 15.9. The first-order valence-corrected chi connectivity index (χ1v) is 13.5. The molecule has 0 unspecified atom stereocenters. The third-order valence-electron chi connectivity index (χ3n) is 6.02. The predicted molar refractivity (Wildman–Crippen MR) is 149 cm³/mol. The third-order valence-corrected chi connectivity index (χ3v) is 6.92. The molecule has 1 saturated heterocycles. The van der Waals surface area contributed by atoms with E-state index in [0.29, 0.717) is 64.4 Å². The second kappa shape index (κ2) is 12.2. The number of carbonyl (C=O) groups excluding carboxylic acids is 3. The fourth-order valence-corrected chi connectivity index (χ4v) is 5.05. The molecule has 10 nitrogen and oxygen atoms in total. The standard InChI is InChI=1S/C25H26BrCl2N7O3/c1-3-29-21(36)14-33-7-9-34(10-8-33)25(38)17-12-16(27)11-15(2)22(17)31-24(37)19-13-20(26)32-35(19)23-18(28)5-4-6-30-23/h4-6,11-13H,3,7-10,14H2,1-2H3,(H,29,36)(H,31,37). The number of aromatic nitrogens is 3. The van der Waals surface area contributed by atoms with Gasteiger partial charge in [-0.2, -0.15) is 5.10 Å². The highest BCUT2D eigenvalue weighted by Gasteiger charge is 2.27. The molecule has 3 heterocycles. The van der Waals surface area contributed by atoms with Gasteiger partial charge in [0, 0.05) is 50.0 Å². The van der Waals surface area contributed by atoms with E-state index < -0.39 is 5.91 Å². The summed E-state index contributed by atoms with van der Waals surface area (Å²) in [5.74, 6) is -0.512. The fraction of sp³-hybridized carbons (Fsp3) is 0.320. The van der Waals surface area contributed by atoms with Crippen LogP contribution in [-0.2, 0) is 4.79 Å². The Morgan fingerprint density at radius 3 is 2.53 bits per heavy atom. The lowest BCUT2D eigenvalue weighted by Gasteiger charge is -2.34. The molecule has 0 aliphatic carbocycles. The quantitative estimate of drug-likeness (QED) is 0.415. The molecule has 13 heteroatoms. The molecule has 38 heavy (non-hydrogen) atoms. The highest BCUT2D eigenvalue weighted by atomic mass is 79.9. The molecule has 0 spiro atoms. The van der Waals surface area contributed by atoms with Crippen molar-refractivity contribution in [3.05, 3.63) is 68.0 Å². The molecule has 1 aliphatic rings. The molecule has 0 atom stereocenters. The first kappa shape index (κ1) is 28.0. The van der Waals surface area contributed by atoms with Crippen molar-refractivity contribution in [3.63, 3.8) is 0 Å². The lowest BCUT2D eigenvalue weighted by molar-refractivity contribution is -0.122. The van der Waals surface area contributed by atoms with Crippen LogP contribution < -0.4 is 10.6 Å². The van der Waals surface area contributed by atoms with E-state index in [2.05, 4.69) is 36.6 Å². The largest absolute Gasteiger partial charge is 0.355 e. The Labute approximate surface area is 238 Å². The SMILES string of the molecule is CCNC(=O)CN1CCN(C(=O)c2cc(Cl)cc(C)c2NC(=O)c2cc(Br)nn2-c2ncccc2Cl)CC1. The molecular formula is C25H26BrCl2N7O3. The number of hydrogen-bond donors (Lipinski definition) is 2. The van der Waals surface area contributed by atoms with Crippen LogP contribution in [-0.4, -0.2) is 81.6 Å². The maximum absolute atomic E-state index is 13.6. The summed E-state index contributed by atoms with van der Waals surface area (Å²) in [6, 6.07) is 8.11. The van der Waals surface area contributed by atoms with E-state index in [0.717, 1.165) is 0 Å². The van der Waals surface area contributed by atoms with E-state index in [9.17, 15) is 14.4 Å². The van der Waals surface area contributed by atoms with Gasteiger partial charge in [-0.05, 0) is 59.6 Å². The Balaban J connectivity index is 1.56. The Kier molecular flexibility index (Phi) is 9.03. The number of hydrogen-bond acceptors (Lipinski definition) is 6. The number of nitrogens with zero attached hydrogens (tertiary/aromatic N) is 5. The van der Waals surface area contributed by atoms with Gasteiger partial charge in [-0.15, -0.1) is 0 Å². The summed E-state index contributed by atoms with van der Waals surface area (Å²) in [5.41, 5.74) is 1.43. The highest BCUT2D eigenvalue weighted by molar-refractivity contribution is 9.10. The van der Waals surface area contributed by atoms with Crippen LogP contribution in [0.3, 0.4) is 0 Å². The van der Waals surface area contributed by atoms with E-state index in [4.69, 9.17) is 23.2 Å². The summed E-state index contributed by atoms with van der Waals surface area (Å²) in [6.45, 7) is 6.50. The second-order valence-electron chi connectivity index (χ2n) is 8.69. The smallest absolute Gasteiger partial charge is 0.274 e. The summed E-state index contributed by atoms with van der Waals surface area (Å²) in [4.78, 5) is 46.9. The van der Waals surface area contributed by atoms with Crippen molar-refractivity contribution < 1.29 is 14.4 Å². The summed E-state index contributed by atoms with van der Waals surface area (Å²) in [7, 11) is 0. The molecule has 1 aliphatic heterocycles. The maximum atomic E-state index is 13.6. The average Bonchev–Trinajstić information content (AvgIpc) is 3.27. The van der Waals surface area contributed by atoms with Gasteiger partial charge >= 0.3 is 0 Å². The van der Waals surface area contributed by atoms with Crippen LogP contribution in [0.15, 0.2) is 41.1 Å². The summed E-state index contributed by atoms with van der Waals surface area (Å²) in [6.07, 6.45) is 1.55. The Bertz CT molecular complexity index is 1370. The van der Waals surface area contributed by atoms with Gasteiger partial charge in [0.25, 0.3) is 11.8 Å². The van der Waals surface area contributed by atoms with Crippen molar-refractivity contribution in [3.8, 4) is 5.82 Å². The number of nitrogens with one attached hydrogen (secondary N) is 2. The number of piperazine rings is 1. The van der Waals surface area contributed by atoms with Gasteiger partial charge in [0.05, 0.1) is 22.8 Å². The van der Waals surface area contributed by atoms with Crippen LogP contribution in [0, 0.1) is 6.92 Å². The third kappa shape index (κ3) is 6.35. The van der Waals surface area contributed by atoms with Gasteiger partial charge < -0.3 is 15.5 Å². The molecule has 1 aromatic carbocycles. The minimum atomic E-state index is -0.504. The minimum Gasteiger partial charge on any atom is -0.355 e. The van der Waals surface area contributed by atoms with E-state index in [1.807, 2.05) is 11.8 Å². The normalized spacial score (nSPS) is 13.9. The zero-order chi connectivity index (χ0) is 27.4. The monoisotopic (exact) mass is 621 g/mol. The molecule has 3 amide bonds. The molecule has 2 N–H and O–H groups in total. The van der Waals surface area contributed by atoms with Crippen molar-refractivity contribution in [2.45, 2.75) is 13.8 Å². The van der Waals surface area contributed by atoms with Crippen molar-refractivity contribution in [1.82, 2.24) is 29.9 Å². The van der Waals surface area contributed by atoms with Gasteiger partial charge in [-0.25, -0.2) is 9.67 Å². The van der Waals surface area contributed by atoms with Crippen LogP contribution in [0.1, 0.15) is 33.3 Å². The van der Waals surface area contributed by atoms with Crippen LogP contribution in [0.5, 0.6) is 0 Å². The highest BCUT2D eigenvalue weighted by Crippen LogP contribution is 2.29. The van der Waals surface area contributed by atoms with Crippen LogP contribution in [0.25, 0.3) is 5.82 Å². The fourth-order valence-electron chi connectivity index (χ4n) is 4.20. The molecule has 3 aromatic rings. The molecule has 200 valence electrons. The molecule has 0 radical (unpaired) electrons. The van der Waals surface area contributed by atoms with Gasteiger partial charge in [-0.1, -0.05) is 23.2 Å². The van der Waals surface area contributed by atoms with Crippen molar-refractivity contribution in [2.24, 2.45) is 0 Å². The summed E-state index contributed by atoms with van der Waals surface area (Å²) in [5, 5.41) is 10.7. The van der Waals surface area contributed by atoms with Crippen molar-refractivity contribution in [1.29, 1.82) is 0 Å². The van der Waals surface area contributed by atoms with Gasteiger partial charge in [-0.3, -0.25) is 19.3 Å². The predicted octanol–water partition coefficient (Wildman–Crippen LogP) is 3.79. The Morgan fingerprint density at radius 2 is 1.84 bits per heavy atom. The summed E-state index contributed by atoms with van der Waals surface area (Å²) < 4.78 is 1.75. The van der Waals surface area contributed by atoms with Crippen LogP contribution in [0.4, 0.5) is 5.69 Å². The van der Waals surface area contributed by atoms with E-state index in [1.165, 1.54) is 4.68 Å². The number of anilines is 1. The van der Waals surface area contributed by atoms with Crippen molar-refractivity contribution >= 4 is 62.5 Å². The number of carbonyl (C=O) groups is 3. The average molecular weight is 623 g/mol. The Morgan fingerprint density at radius 1 is 1.11 bits per heavy atom. The van der Waals surface area contributed by atoms with Gasteiger partial charge in [0.15, 0.2) is 5.82 Å². The number of amides is 3. The van der Waals surface area contributed by atoms with Crippen LogP contribution in [0.2, 0.25) is 10.0 Å². The second-order valence-corrected chi connectivity index (χ2v) is 10.4. The number of likely N-dealkylation sites (N-methyl/N-ethyl adjacent to an activating group) is 1. The minimum absolute atomic E-state index is 0.0411. The topological polar surface area (TPSA) is 112 Å². The number of aryl methyl sites for hydroxylation is 1. The number of halogens is 3. The number of benzene rings is 1. The first-order valence-electron chi connectivity index (χ1n) is 11.9. The zero-order valence-corrected chi connectivity index (χ0v) is 23.9. The number of rotatable bonds is 7. The Hall–Kier alpha value is -2.99. The molecule has 1 fully saturated rings. The first-order chi connectivity index (χ1) is 18.2. The molecule has 0 bridgehead atoms. The van der Waals surface area contributed by atoms with Gasteiger partial charge in [0.1, 0.15) is 10.3 Å². The van der Waals surface area contributed by atoms with Crippen LogP contribution >= 0.6 is 39.1 Å². The van der Waals surface area contributed by atoms with Crippen molar-refractivity contribution in [2.75, 3.05) is 44.6 Å². The number of pyridine rings is 1. The molecular weight excluding hydrogens is 597 g/mol. The lowest BCUT2D eigenvalue weighted by atomic mass is 10.1. The molecule has 2 aromatic heterocycles. The molecule has 4 rings (SSSR count). The van der Waals surface area contributed by atoms with E-state index in [1.54, 1.807) is 48.4 Å². The van der Waals surface area contributed by atoms with Gasteiger partial charge in [0.2, 0.25) is 5.91 Å². The van der Waals surface area contributed by atoms with E-state index in [-0.39, 0.29) is 29.6 Å². The van der Waals surface area contributed by atoms with E-state index >= 15 is 0 Å². The zero-order valence-electron chi connectivity index (χ0n) is 20.8.